The first-order chi connectivity index (χ1) is 10.9. The molecule has 2 saturated heterocycles. The number of rotatable bonds is 3. The zero-order chi connectivity index (χ0) is 16.6. The van der Waals surface area contributed by atoms with Crippen molar-refractivity contribution >= 4 is 10.0 Å². The maximum absolute atomic E-state index is 13.0. The summed E-state index contributed by atoms with van der Waals surface area (Å²) in [7, 11) is -0.0287. The predicted molar refractivity (Wildman–Crippen MR) is 87.2 cm³/mol. The van der Waals surface area contributed by atoms with Crippen molar-refractivity contribution < 1.29 is 17.9 Å². The van der Waals surface area contributed by atoms with Crippen LogP contribution in [-0.2, 0) is 14.8 Å². The van der Waals surface area contributed by atoms with E-state index in [1.54, 1.807) is 18.2 Å². The van der Waals surface area contributed by atoms with Gasteiger partial charge >= 0.3 is 0 Å². The van der Waals surface area contributed by atoms with Gasteiger partial charge in [0.25, 0.3) is 0 Å². The molecule has 0 spiro atoms. The van der Waals surface area contributed by atoms with Crippen molar-refractivity contribution in [2.75, 3.05) is 46.9 Å². The summed E-state index contributed by atoms with van der Waals surface area (Å²) < 4.78 is 38.7. The second-order valence-corrected chi connectivity index (χ2v) is 8.31. The van der Waals surface area contributed by atoms with Crippen molar-refractivity contribution in [3.63, 3.8) is 0 Å². The summed E-state index contributed by atoms with van der Waals surface area (Å²) in [5, 5.41) is 0. The molecule has 0 aliphatic carbocycles. The summed E-state index contributed by atoms with van der Waals surface area (Å²) in [4.78, 5) is 2.43. The maximum atomic E-state index is 13.0. The highest BCUT2D eigenvalue weighted by molar-refractivity contribution is 7.89. The van der Waals surface area contributed by atoms with E-state index in [2.05, 4.69) is 4.90 Å². The van der Waals surface area contributed by atoms with E-state index in [4.69, 9.17) is 9.47 Å². The molecule has 7 heteroatoms. The number of aryl methyl sites for hydroxylation is 1. The third-order valence-corrected chi connectivity index (χ3v) is 6.51. The summed E-state index contributed by atoms with van der Waals surface area (Å²) in [6.45, 7) is 5.23. The van der Waals surface area contributed by atoms with Crippen molar-refractivity contribution in [2.24, 2.45) is 5.92 Å². The molecule has 0 unspecified atom stereocenters. The zero-order valence-corrected chi connectivity index (χ0v) is 14.7. The Morgan fingerprint density at radius 1 is 1.26 bits per heavy atom. The van der Waals surface area contributed by atoms with E-state index in [9.17, 15) is 8.42 Å². The number of hydrogen-bond acceptors (Lipinski definition) is 5. The first-order valence-corrected chi connectivity index (χ1v) is 9.31. The Hall–Kier alpha value is -1.15. The number of benzene rings is 1. The van der Waals surface area contributed by atoms with Crippen molar-refractivity contribution in [3.8, 4) is 5.75 Å². The zero-order valence-electron chi connectivity index (χ0n) is 13.9. The summed E-state index contributed by atoms with van der Waals surface area (Å²) >= 11 is 0. The SMILES string of the molecule is COc1cc(C)ccc1S(=O)(=O)N1C[C@H]2CN(C)CCO[C@H]2C1. The van der Waals surface area contributed by atoms with E-state index >= 15 is 0 Å². The van der Waals surface area contributed by atoms with Crippen LogP contribution in [-0.4, -0.2) is 70.7 Å². The van der Waals surface area contributed by atoms with Gasteiger partial charge < -0.3 is 14.4 Å². The molecule has 2 heterocycles. The molecule has 0 radical (unpaired) electrons. The Bertz CT molecular complexity index is 677. The summed E-state index contributed by atoms with van der Waals surface area (Å²) in [5.74, 6) is 0.615. The van der Waals surface area contributed by atoms with E-state index in [0.29, 0.717) is 25.4 Å². The molecule has 1 aromatic carbocycles. The minimum absolute atomic E-state index is 0.0221. The van der Waals surface area contributed by atoms with Gasteiger partial charge in [-0.1, -0.05) is 6.07 Å². The van der Waals surface area contributed by atoms with Gasteiger partial charge in [0.1, 0.15) is 10.6 Å². The Morgan fingerprint density at radius 3 is 2.78 bits per heavy atom. The number of sulfonamides is 1. The van der Waals surface area contributed by atoms with Crippen molar-refractivity contribution in [2.45, 2.75) is 17.9 Å². The molecule has 0 bridgehead atoms. The summed E-state index contributed by atoms with van der Waals surface area (Å²) in [6, 6.07) is 5.18. The van der Waals surface area contributed by atoms with Crippen LogP contribution in [0.1, 0.15) is 5.56 Å². The van der Waals surface area contributed by atoms with Crippen LogP contribution in [0.25, 0.3) is 0 Å². The van der Waals surface area contributed by atoms with Gasteiger partial charge in [0, 0.05) is 32.1 Å². The molecule has 1 aromatic rings. The molecule has 2 fully saturated rings. The normalized spacial score (nSPS) is 26.7. The van der Waals surface area contributed by atoms with E-state index in [0.717, 1.165) is 18.7 Å². The molecule has 0 N–H and O–H groups in total. The first kappa shape index (κ1) is 16.7. The van der Waals surface area contributed by atoms with E-state index in [-0.39, 0.29) is 16.9 Å². The van der Waals surface area contributed by atoms with Gasteiger partial charge in [-0.3, -0.25) is 0 Å². The number of ether oxygens (including phenoxy) is 2. The van der Waals surface area contributed by atoms with E-state index < -0.39 is 10.0 Å². The molecule has 128 valence electrons. The van der Waals surface area contributed by atoms with Gasteiger partial charge in [0.2, 0.25) is 10.0 Å². The molecular weight excluding hydrogens is 316 g/mol. The molecule has 3 rings (SSSR count). The molecular formula is C16H24N2O4S. The van der Waals surface area contributed by atoms with Crippen LogP contribution < -0.4 is 4.74 Å². The van der Waals surface area contributed by atoms with Crippen LogP contribution in [0.15, 0.2) is 23.1 Å². The van der Waals surface area contributed by atoms with Crippen LogP contribution in [0.4, 0.5) is 0 Å². The Kier molecular flexibility index (Phi) is 4.64. The van der Waals surface area contributed by atoms with Gasteiger partial charge in [-0.05, 0) is 31.7 Å². The highest BCUT2D eigenvalue weighted by Crippen LogP contribution is 2.32. The van der Waals surface area contributed by atoms with Crippen LogP contribution in [0, 0.1) is 12.8 Å². The first-order valence-electron chi connectivity index (χ1n) is 7.87. The molecule has 23 heavy (non-hydrogen) atoms. The lowest BCUT2D eigenvalue weighted by molar-refractivity contribution is 0.0550. The van der Waals surface area contributed by atoms with Crippen molar-refractivity contribution in [3.05, 3.63) is 23.8 Å². The second-order valence-electron chi connectivity index (χ2n) is 6.41. The Balaban J connectivity index is 1.87. The van der Waals surface area contributed by atoms with Crippen molar-refractivity contribution in [1.82, 2.24) is 9.21 Å². The lowest BCUT2D eigenvalue weighted by atomic mass is 10.1. The average molecular weight is 340 g/mol. The van der Waals surface area contributed by atoms with Crippen LogP contribution in [0.5, 0.6) is 5.75 Å². The molecule has 0 amide bonds. The van der Waals surface area contributed by atoms with Crippen LogP contribution in [0.2, 0.25) is 0 Å². The Morgan fingerprint density at radius 2 is 2.04 bits per heavy atom. The lowest BCUT2D eigenvalue weighted by Gasteiger charge is -2.20. The minimum atomic E-state index is -3.58. The second kappa shape index (κ2) is 6.39. The third-order valence-electron chi connectivity index (χ3n) is 4.64. The van der Waals surface area contributed by atoms with Gasteiger partial charge in [-0.2, -0.15) is 4.31 Å². The molecule has 2 aliphatic rings. The summed E-state index contributed by atoms with van der Waals surface area (Å²) in [6.07, 6.45) is -0.0221. The fraction of sp³-hybridized carbons (Fsp3) is 0.625. The highest BCUT2D eigenvalue weighted by atomic mass is 32.2. The smallest absolute Gasteiger partial charge is 0.246 e. The fourth-order valence-electron chi connectivity index (χ4n) is 3.34. The topological polar surface area (TPSA) is 59.1 Å². The highest BCUT2D eigenvalue weighted by Gasteiger charge is 2.42. The van der Waals surface area contributed by atoms with Crippen LogP contribution in [0.3, 0.4) is 0 Å². The monoisotopic (exact) mass is 340 g/mol. The lowest BCUT2D eigenvalue weighted by Crippen LogP contribution is -2.32. The number of hydrogen-bond donors (Lipinski definition) is 0. The predicted octanol–water partition coefficient (Wildman–Crippen LogP) is 0.955. The molecule has 0 aromatic heterocycles. The van der Waals surface area contributed by atoms with Crippen molar-refractivity contribution in [1.29, 1.82) is 0 Å². The molecule has 2 atom stereocenters. The van der Waals surface area contributed by atoms with E-state index in [1.165, 1.54) is 11.4 Å². The standard InChI is InChI=1S/C16H24N2O4S/c1-12-4-5-16(14(8-12)21-3)23(19,20)18-10-13-9-17(2)6-7-22-15(13)11-18/h4-5,8,13,15H,6-7,9-11H2,1-3H3/t13-,15+/m1/s1. The largest absolute Gasteiger partial charge is 0.495 e. The molecule has 2 aliphatic heterocycles. The Labute approximate surface area is 138 Å². The van der Waals surface area contributed by atoms with Gasteiger partial charge in [0.15, 0.2) is 0 Å². The minimum Gasteiger partial charge on any atom is -0.495 e. The number of likely N-dealkylation sites (N-methyl/N-ethyl adjacent to an activating group) is 1. The molecule has 6 nitrogen and oxygen atoms in total. The van der Waals surface area contributed by atoms with Crippen LogP contribution >= 0.6 is 0 Å². The fourth-order valence-corrected chi connectivity index (χ4v) is 4.99. The van der Waals surface area contributed by atoms with Gasteiger partial charge in [0.05, 0.1) is 19.8 Å². The summed E-state index contributed by atoms with van der Waals surface area (Å²) in [5.41, 5.74) is 0.970. The third kappa shape index (κ3) is 3.24. The number of fused-ring (bicyclic) bond motifs is 1. The van der Waals surface area contributed by atoms with Gasteiger partial charge in [-0.25, -0.2) is 8.42 Å². The van der Waals surface area contributed by atoms with E-state index in [1.807, 2.05) is 14.0 Å². The van der Waals surface area contributed by atoms with Gasteiger partial charge in [-0.15, -0.1) is 0 Å². The number of methoxy groups -OCH3 is 1. The average Bonchev–Trinajstić information content (AvgIpc) is 2.82. The number of nitrogens with zero attached hydrogens (tertiary/aromatic N) is 2. The maximum Gasteiger partial charge on any atom is 0.246 e. The quantitative estimate of drug-likeness (QED) is 0.820. The molecule has 0 saturated carbocycles.